The summed E-state index contributed by atoms with van der Waals surface area (Å²) in [4.78, 5) is 15.6. The van der Waals surface area contributed by atoms with Gasteiger partial charge in [0.15, 0.2) is 0 Å². The Balaban J connectivity index is 1.23. The van der Waals surface area contributed by atoms with Crippen LogP contribution in [-0.2, 0) is 31.3 Å². The Morgan fingerprint density at radius 1 is 1.05 bits per heavy atom. The Kier molecular flexibility index (Phi) is 9.57. The van der Waals surface area contributed by atoms with Crippen molar-refractivity contribution in [2.75, 3.05) is 40.1 Å². The van der Waals surface area contributed by atoms with E-state index in [0.717, 1.165) is 27.9 Å². The fraction of sp³-hybridized carbons (Fsp3) is 0.531. The van der Waals surface area contributed by atoms with Gasteiger partial charge in [0.2, 0.25) is 15.9 Å². The fourth-order valence-electron chi connectivity index (χ4n) is 6.15. The molecule has 1 atom stereocenters. The third kappa shape index (κ3) is 6.67. The molecule has 5 rings (SSSR count). The topological polar surface area (TPSA) is 99.1 Å². The van der Waals surface area contributed by atoms with Crippen molar-refractivity contribution in [1.82, 2.24) is 14.2 Å². The van der Waals surface area contributed by atoms with Crippen LogP contribution in [-0.4, -0.2) is 76.0 Å². The molecule has 1 aliphatic carbocycles. The molecule has 2 aromatic carbocycles. The Hall–Kier alpha value is -2.92. The molecule has 1 saturated carbocycles. The van der Waals surface area contributed by atoms with Gasteiger partial charge >= 0.3 is 0 Å². The van der Waals surface area contributed by atoms with Gasteiger partial charge in [0.05, 0.1) is 30.8 Å². The summed E-state index contributed by atoms with van der Waals surface area (Å²) in [7, 11) is -0.133. The number of fused-ring (bicyclic) bond motifs is 1. The van der Waals surface area contributed by atoms with Crippen LogP contribution in [0.2, 0.25) is 0 Å². The molecule has 1 amide bonds. The van der Waals surface area contributed by atoms with E-state index in [0.29, 0.717) is 64.6 Å². The molecule has 0 bridgehead atoms. The number of sulfonamides is 1. The Morgan fingerprint density at radius 2 is 1.79 bits per heavy atom. The minimum Gasteiger partial charge on any atom is -0.491 e. The first-order valence-corrected chi connectivity index (χ1v) is 16.4. The summed E-state index contributed by atoms with van der Waals surface area (Å²) in [6, 6.07) is 15.1. The van der Waals surface area contributed by atoms with Gasteiger partial charge < -0.3 is 23.7 Å². The molecule has 1 aromatic heterocycles. The zero-order chi connectivity index (χ0) is 29.9. The van der Waals surface area contributed by atoms with E-state index in [1.165, 1.54) is 0 Å². The Morgan fingerprint density at radius 3 is 2.48 bits per heavy atom. The number of amides is 1. The van der Waals surface area contributed by atoms with Crippen molar-refractivity contribution in [3.8, 4) is 17.0 Å². The Bertz CT molecular complexity index is 1480. The summed E-state index contributed by atoms with van der Waals surface area (Å²) in [6.07, 6.45) is 2.66. The van der Waals surface area contributed by atoms with Gasteiger partial charge in [0.1, 0.15) is 12.4 Å². The standard InChI is InChI=1S/C32H43N3O6S/c1-22(2)31-21-40-16-15-35(31)32(36)24-5-10-26(11-6-24)33-42(37,38)28-14-9-25-19-29(34(3)30(25)20-28)23-7-12-27(13-8-23)41-18-17-39-4/h7-9,12-14,19-20,22,24,26,31,33H,5-6,10-11,15-18,21H2,1-4H3/t24-,26-,31-/m1/s1. The molecular formula is C32H43N3O6S. The number of morpholine rings is 1. The lowest BCUT2D eigenvalue weighted by atomic mass is 9.85. The number of methoxy groups -OCH3 is 1. The molecule has 10 heteroatoms. The molecule has 42 heavy (non-hydrogen) atoms. The predicted molar refractivity (Wildman–Crippen MR) is 163 cm³/mol. The summed E-state index contributed by atoms with van der Waals surface area (Å²) < 4.78 is 48.1. The van der Waals surface area contributed by atoms with Crippen molar-refractivity contribution in [3.63, 3.8) is 0 Å². The number of hydrogen-bond donors (Lipinski definition) is 1. The van der Waals surface area contributed by atoms with Crippen LogP contribution in [0.15, 0.2) is 53.4 Å². The van der Waals surface area contributed by atoms with Gasteiger partial charge in [-0.25, -0.2) is 13.1 Å². The molecule has 3 aromatic rings. The highest BCUT2D eigenvalue weighted by Crippen LogP contribution is 2.32. The zero-order valence-corrected chi connectivity index (χ0v) is 25.9. The molecule has 2 heterocycles. The molecule has 0 unspecified atom stereocenters. The van der Waals surface area contributed by atoms with E-state index in [1.807, 2.05) is 46.8 Å². The normalized spacial score (nSPS) is 21.6. The van der Waals surface area contributed by atoms with Crippen LogP contribution >= 0.6 is 0 Å². The monoisotopic (exact) mass is 597 g/mol. The van der Waals surface area contributed by atoms with Crippen molar-refractivity contribution in [2.24, 2.45) is 18.9 Å². The van der Waals surface area contributed by atoms with Crippen molar-refractivity contribution in [2.45, 2.75) is 56.5 Å². The SMILES string of the molecule is COCCOc1ccc(-c2cc3ccc(S(=O)(=O)N[C@H]4CC[C@H](C(=O)N5CCOC[C@@H]5C(C)C)CC4)cc3n2C)cc1. The summed E-state index contributed by atoms with van der Waals surface area (Å²) in [5.74, 6) is 1.24. The third-order valence-corrected chi connectivity index (χ3v) is 10.2. The third-order valence-electron chi connectivity index (χ3n) is 8.65. The highest BCUT2D eigenvalue weighted by Gasteiger charge is 2.36. The van der Waals surface area contributed by atoms with Gasteiger partial charge in [-0.05, 0) is 79.6 Å². The van der Waals surface area contributed by atoms with Gasteiger partial charge in [-0.3, -0.25) is 4.79 Å². The number of benzene rings is 2. The second-order valence-electron chi connectivity index (χ2n) is 11.8. The van der Waals surface area contributed by atoms with Crippen LogP contribution in [0.1, 0.15) is 39.5 Å². The van der Waals surface area contributed by atoms with E-state index < -0.39 is 10.0 Å². The number of hydrogen-bond acceptors (Lipinski definition) is 6. The molecule has 2 fully saturated rings. The molecule has 0 radical (unpaired) electrons. The average molecular weight is 598 g/mol. The second-order valence-corrected chi connectivity index (χ2v) is 13.5. The largest absolute Gasteiger partial charge is 0.491 e. The fourth-order valence-corrected chi connectivity index (χ4v) is 7.47. The number of nitrogens with one attached hydrogen (secondary N) is 1. The molecule has 9 nitrogen and oxygen atoms in total. The van der Waals surface area contributed by atoms with Crippen molar-refractivity contribution in [3.05, 3.63) is 48.5 Å². The molecule has 1 saturated heterocycles. The average Bonchev–Trinajstić information content (AvgIpc) is 3.33. The number of aromatic nitrogens is 1. The van der Waals surface area contributed by atoms with Crippen LogP contribution in [0.5, 0.6) is 5.75 Å². The van der Waals surface area contributed by atoms with E-state index in [-0.39, 0.29) is 28.8 Å². The molecule has 2 aliphatic rings. The number of carbonyl (C=O) groups excluding carboxylic acids is 1. The maximum Gasteiger partial charge on any atom is 0.240 e. The minimum absolute atomic E-state index is 0.0609. The van der Waals surface area contributed by atoms with Crippen molar-refractivity contribution >= 4 is 26.8 Å². The highest BCUT2D eigenvalue weighted by molar-refractivity contribution is 7.89. The number of carbonyl (C=O) groups is 1. The lowest BCUT2D eigenvalue weighted by Gasteiger charge is -2.41. The van der Waals surface area contributed by atoms with Gasteiger partial charge in [-0.2, -0.15) is 0 Å². The van der Waals surface area contributed by atoms with Gasteiger partial charge in [0, 0.05) is 49.3 Å². The summed E-state index contributed by atoms with van der Waals surface area (Å²) in [5, 5.41) is 0.966. The molecular weight excluding hydrogens is 554 g/mol. The van der Waals surface area contributed by atoms with E-state index >= 15 is 0 Å². The van der Waals surface area contributed by atoms with Gasteiger partial charge in [-0.15, -0.1) is 0 Å². The number of rotatable bonds is 10. The van der Waals surface area contributed by atoms with Crippen molar-refractivity contribution in [1.29, 1.82) is 0 Å². The Labute approximate surface area is 249 Å². The van der Waals surface area contributed by atoms with Crippen LogP contribution < -0.4 is 9.46 Å². The van der Waals surface area contributed by atoms with Crippen molar-refractivity contribution < 1.29 is 27.4 Å². The highest BCUT2D eigenvalue weighted by atomic mass is 32.2. The maximum absolute atomic E-state index is 13.4. The molecule has 1 N–H and O–H groups in total. The predicted octanol–water partition coefficient (Wildman–Crippen LogP) is 4.59. The summed E-state index contributed by atoms with van der Waals surface area (Å²) in [6.45, 7) is 7.05. The second kappa shape index (κ2) is 13.2. The minimum atomic E-state index is -3.72. The van der Waals surface area contributed by atoms with E-state index in [4.69, 9.17) is 14.2 Å². The maximum atomic E-state index is 13.4. The van der Waals surface area contributed by atoms with E-state index in [1.54, 1.807) is 19.2 Å². The quantitative estimate of drug-likeness (QED) is 0.343. The van der Waals surface area contributed by atoms with Crippen LogP contribution in [0.25, 0.3) is 22.2 Å². The lowest BCUT2D eigenvalue weighted by Crippen LogP contribution is -2.53. The zero-order valence-electron chi connectivity index (χ0n) is 25.0. The first kappa shape index (κ1) is 30.5. The summed E-state index contributed by atoms with van der Waals surface area (Å²) in [5.41, 5.74) is 2.84. The summed E-state index contributed by atoms with van der Waals surface area (Å²) >= 11 is 0. The van der Waals surface area contributed by atoms with Crippen LogP contribution in [0, 0.1) is 11.8 Å². The van der Waals surface area contributed by atoms with E-state index in [9.17, 15) is 13.2 Å². The smallest absolute Gasteiger partial charge is 0.240 e. The van der Waals surface area contributed by atoms with Gasteiger partial charge in [-0.1, -0.05) is 19.9 Å². The first-order chi connectivity index (χ1) is 20.2. The number of aryl methyl sites for hydroxylation is 1. The number of ether oxygens (including phenoxy) is 3. The molecule has 1 aliphatic heterocycles. The molecule has 0 spiro atoms. The van der Waals surface area contributed by atoms with Crippen LogP contribution in [0.3, 0.4) is 0 Å². The van der Waals surface area contributed by atoms with Crippen LogP contribution in [0.4, 0.5) is 0 Å². The lowest BCUT2D eigenvalue weighted by molar-refractivity contribution is -0.147. The number of nitrogens with zero attached hydrogens (tertiary/aromatic N) is 2. The van der Waals surface area contributed by atoms with Gasteiger partial charge in [0.25, 0.3) is 0 Å². The molecule has 228 valence electrons. The van der Waals surface area contributed by atoms with E-state index in [2.05, 4.69) is 24.6 Å². The first-order valence-electron chi connectivity index (χ1n) is 14.9.